The van der Waals surface area contributed by atoms with Gasteiger partial charge in [0.1, 0.15) is 0 Å². The summed E-state index contributed by atoms with van der Waals surface area (Å²) >= 11 is 6.15. The van der Waals surface area contributed by atoms with Gasteiger partial charge in [0, 0.05) is 62.6 Å². The molecule has 4 aliphatic rings. The quantitative estimate of drug-likeness (QED) is 0.685. The number of benzene rings is 1. The zero-order valence-electron chi connectivity index (χ0n) is 19.4. The molecule has 0 saturated carbocycles. The number of piperidine rings is 1. The van der Waals surface area contributed by atoms with Gasteiger partial charge in [-0.1, -0.05) is 17.7 Å². The summed E-state index contributed by atoms with van der Waals surface area (Å²) in [5.74, 6) is 0.443. The van der Waals surface area contributed by atoms with Crippen LogP contribution in [0.15, 0.2) is 24.3 Å². The van der Waals surface area contributed by atoms with Crippen molar-refractivity contribution < 1.29 is 9.59 Å². The van der Waals surface area contributed by atoms with Crippen LogP contribution in [-0.4, -0.2) is 86.1 Å². The van der Waals surface area contributed by atoms with Crippen LogP contribution in [0.1, 0.15) is 38.5 Å². The molecule has 2 N–H and O–H groups in total. The van der Waals surface area contributed by atoms with Crippen molar-refractivity contribution in [2.24, 2.45) is 5.41 Å². The van der Waals surface area contributed by atoms with E-state index >= 15 is 0 Å². The minimum absolute atomic E-state index is 0.0106. The molecule has 0 aromatic heterocycles. The molecule has 4 heterocycles. The van der Waals surface area contributed by atoms with E-state index in [1.807, 2.05) is 23.1 Å². The van der Waals surface area contributed by atoms with Gasteiger partial charge in [0.05, 0.1) is 11.5 Å². The Kier molecular flexibility index (Phi) is 6.81. The molecule has 1 aromatic rings. The lowest BCUT2D eigenvalue weighted by molar-refractivity contribution is -0.139. The predicted molar refractivity (Wildman–Crippen MR) is 131 cm³/mol. The number of hydrogen-bond donors (Lipinski definition) is 2. The van der Waals surface area contributed by atoms with Gasteiger partial charge in [0.2, 0.25) is 11.8 Å². The second kappa shape index (κ2) is 9.80. The molecule has 5 rings (SSSR count). The van der Waals surface area contributed by atoms with Crippen LogP contribution >= 0.6 is 11.6 Å². The lowest BCUT2D eigenvalue weighted by atomic mass is 9.75. The van der Waals surface area contributed by atoms with E-state index in [4.69, 9.17) is 11.6 Å². The van der Waals surface area contributed by atoms with Crippen molar-refractivity contribution >= 4 is 29.1 Å². The van der Waals surface area contributed by atoms with Gasteiger partial charge in [-0.25, -0.2) is 0 Å². The summed E-state index contributed by atoms with van der Waals surface area (Å²) < 4.78 is 0. The second-order valence-corrected chi connectivity index (χ2v) is 10.7. The highest BCUT2D eigenvalue weighted by Gasteiger charge is 2.49. The Morgan fingerprint density at radius 3 is 2.61 bits per heavy atom. The first-order chi connectivity index (χ1) is 16.0. The van der Waals surface area contributed by atoms with Gasteiger partial charge in [-0.2, -0.15) is 0 Å². The van der Waals surface area contributed by atoms with Crippen molar-refractivity contribution in [1.82, 2.24) is 20.4 Å². The number of likely N-dealkylation sites (tertiary alicyclic amines) is 1. The van der Waals surface area contributed by atoms with Crippen LogP contribution in [0.25, 0.3) is 0 Å². The molecule has 2 atom stereocenters. The molecule has 1 spiro atoms. The molecule has 33 heavy (non-hydrogen) atoms. The van der Waals surface area contributed by atoms with E-state index in [0.29, 0.717) is 13.1 Å². The van der Waals surface area contributed by atoms with Gasteiger partial charge in [-0.3, -0.25) is 14.5 Å². The monoisotopic (exact) mass is 473 g/mol. The van der Waals surface area contributed by atoms with E-state index in [1.165, 1.54) is 5.69 Å². The van der Waals surface area contributed by atoms with E-state index in [-0.39, 0.29) is 29.3 Å². The number of halogens is 1. The summed E-state index contributed by atoms with van der Waals surface area (Å²) in [4.78, 5) is 32.5. The molecule has 0 aliphatic carbocycles. The normalized spacial score (nSPS) is 27.8. The maximum atomic E-state index is 12.9. The molecule has 4 saturated heterocycles. The molecule has 1 unspecified atom stereocenters. The van der Waals surface area contributed by atoms with E-state index in [2.05, 4.69) is 26.5 Å². The maximum Gasteiger partial charge on any atom is 0.239 e. The van der Waals surface area contributed by atoms with Crippen molar-refractivity contribution in [2.75, 3.05) is 57.3 Å². The fourth-order valence-corrected chi connectivity index (χ4v) is 6.26. The number of nitrogens with zero attached hydrogens (tertiary/aromatic N) is 3. The first-order valence-electron chi connectivity index (χ1n) is 12.6. The maximum absolute atomic E-state index is 12.9. The van der Waals surface area contributed by atoms with Crippen LogP contribution in [0.2, 0.25) is 5.02 Å². The number of carbonyl (C=O) groups excluding carboxylic acids is 2. The molecule has 4 aliphatic heterocycles. The smallest absolute Gasteiger partial charge is 0.239 e. The highest BCUT2D eigenvalue weighted by Crippen LogP contribution is 2.41. The van der Waals surface area contributed by atoms with Crippen LogP contribution in [0.4, 0.5) is 5.69 Å². The van der Waals surface area contributed by atoms with Crippen LogP contribution in [0, 0.1) is 5.41 Å². The summed E-state index contributed by atoms with van der Waals surface area (Å²) in [5, 5.41) is 7.38. The first-order valence-corrected chi connectivity index (χ1v) is 13.0. The SMILES string of the molecule is O=C(C1CCCN1)N1CCC2(CC1)C[C@H](CCN1CCN(c3cccc(Cl)c3)CC1)NC2=O. The molecular weight excluding hydrogens is 438 g/mol. The van der Waals surface area contributed by atoms with Crippen molar-refractivity contribution in [2.45, 2.75) is 50.6 Å². The number of nitrogens with one attached hydrogen (secondary N) is 2. The number of anilines is 1. The summed E-state index contributed by atoms with van der Waals surface area (Å²) in [7, 11) is 0. The summed E-state index contributed by atoms with van der Waals surface area (Å²) in [6.07, 6.45) is 5.53. The van der Waals surface area contributed by atoms with E-state index in [0.717, 1.165) is 82.8 Å². The van der Waals surface area contributed by atoms with Crippen LogP contribution in [-0.2, 0) is 9.59 Å². The molecular formula is C25H36ClN5O2. The van der Waals surface area contributed by atoms with Gasteiger partial charge in [0.15, 0.2) is 0 Å². The zero-order chi connectivity index (χ0) is 22.8. The third kappa shape index (κ3) is 5.00. The summed E-state index contributed by atoms with van der Waals surface area (Å²) in [6, 6.07) is 8.32. The van der Waals surface area contributed by atoms with Crippen molar-refractivity contribution in [3.63, 3.8) is 0 Å². The predicted octanol–water partition coefficient (Wildman–Crippen LogP) is 2.10. The Bertz CT molecular complexity index is 858. The topological polar surface area (TPSA) is 67.9 Å². The molecule has 0 radical (unpaired) electrons. The van der Waals surface area contributed by atoms with E-state index in [1.54, 1.807) is 0 Å². The Morgan fingerprint density at radius 2 is 1.91 bits per heavy atom. The van der Waals surface area contributed by atoms with Gasteiger partial charge in [-0.15, -0.1) is 0 Å². The number of piperazine rings is 1. The number of hydrogen-bond acceptors (Lipinski definition) is 5. The average molecular weight is 474 g/mol. The summed E-state index contributed by atoms with van der Waals surface area (Å²) in [5.41, 5.74) is 0.927. The van der Waals surface area contributed by atoms with Gasteiger partial charge < -0.3 is 20.4 Å². The molecule has 2 amide bonds. The third-order valence-corrected chi connectivity index (χ3v) is 8.42. The van der Waals surface area contributed by atoms with E-state index < -0.39 is 0 Å². The van der Waals surface area contributed by atoms with Crippen molar-refractivity contribution in [3.8, 4) is 0 Å². The lowest BCUT2D eigenvalue weighted by Crippen LogP contribution is -2.50. The highest BCUT2D eigenvalue weighted by atomic mass is 35.5. The molecule has 0 bridgehead atoms. The highest BCUT2D eigenvalue weighted by molar-refractivity contribution is 6.30. The minimum atomic E-state index is -0.268. The number of carbonyl (C=O) groups is 2. The van der Waals surface area contributed by atoms with E-state index in [9.17, 15) is 9.59 Å². The Balaban J connectivity index is 1.06. The van der Waals surface area contributed by atoms with Crippen molar-refractivity contribution in [1.29, 1.82) is 0 Å². The third-order valence-electron chi connectivity index (χ3n) is 8.18. The second-order valence-electron chi connectivity index (χ2n) is 10.2. The van der Waals surface area contributed by atoms with Gasteiger partial charge >= 0.3 is 0 Å². The standard InChI is InChI=1S/C25H36ClN5O2/c26-19-3-1-4-21(17-19)30-15-13-29(14-16-30)10-6-20-18-25(24(33)28-20)7-11-31(12-8-25)23(32)22-5-2-9-27-22/h1,3-4,17,20,22,27H,2,5-16,18H2,(H,28,33)/t20-,22?/m0/s1. The number of amides is 2. The summed E-state index contributed by atoms with van der Waals surface area (Å²) in [6.45, 7) is 7.44. The molecule has 1 aromatic carbocycles. The largest absolute Gasteiger partial charge is 0.369 e. The Morgan fingerprint density at radius 1 is 1.12 bits per heavy atom. The van der Waals surface area contributed by atoms with Gasteiger partial charge in [-0.05, 0) is 63.3 Å². The molecule has 4 fully saturated rings. The Hall–Kier alpha value is -1.83. The van der Waals surface area contributed by atoms with Crippen LogP contribution in [0.5, 0.6) is 0 Å². The molecule has 180 valence electrons. The van der Waals surface area contributed by atoms with Crippen molar-refractivity contribution in [3.05, 3.63) is 29.3 Å². The van der Waals surface area contributed by atoms with Gasteiger partial charge in [0.25, 0.3) is 0 Å². The van der Waals surface area contributed by atoms with Crippen LogP contribution < -0.4 is 15.5 Å². The first kappa shape index (κ1) is 22.9. The number of rotatable bonds is 5. The fraction of sp³-hybridized carbons (Fsp3) is 0.680. The molecule has 8 heteroatoms. The van der Waals surface area contributed by atoms with Crippen LogP contribution in [0.3, 0.4) is 0 Å². The average Bonchev–Trinajstić information content (AvgIpc) is 3.47. The minimum Gasteiger partial charge on any atom is -0.369 e. The lowest BCUT2D eigenvalue weighted by Gasteiger charge is -2.38. The zero-order valence-corrected chi connectivity index (χ0v) is 20.2. The fourth-order valence-electron chi connectivity index (χ4n) is 6.07. The Labute approximate surface area is 201 Å². The molecule has 7 nitrogen and oxygen atoms in total.